The Morgan fingerprint density at radius 3 is 2.71 bits per heavy atom. The normalized spacial score (nSPS) is 11.6. The van der Waals surface area contributed by atoms with E-state index in [1.165, 1.54) is 18.4 Å². The summed E-state index contributed by atoms with van der Waals surface area (Å²) < 4.78 is 29.1. The molecule has 0 aliphatic heterocycles. The average molecular weight is 257 g/mol. The molecule has 0 saturated heterocycles. The molecule has 0 spiro atoms. The van der Waals surface area contributed by atoms with Crippen molar-refractivity contribution in [1.82, 2.24) is 9.62 Å². The number of nitrogens with zero attached hydrogens (tertiary/aromatic N) is 2. The van der Waals surface area contributed by atoms with E-state index in [-0.39, 0.29) is 11.5 Å². The van der Waals surface area contributed by atoms with E-state index in [1.54, 1.807) is 12.1 Å². The number of hydrogen-bond donors (Lipinski definition) is 1. The lowest BCUT2D eigenvalue weighted by Gasteiger charge is -2.10. The monoisotopic (exact) mass is 257 g/mol. The van der Waals surface area contributed by atoms with Crippen LogP contribution in [0.1, 0.15) is 11.5 Å². The van der Waals surface area contributed by atoms with E-state index < -0.39 is 10.0 Å². The maximum Gasteiger partial charge on any atom is 0.214 e. The number of furan rings is 1. The first-order chi connectivity index (χ1) is 7.95. The highest BCUT2D eigenvalue weighted by Gasteiger charge is 2.12. The molecule has 0 bridgehead atoms. The zero-order valence-electron chi connectivity index (χ0n) is 9.80. The van der Waals surface area contributed by atoms with Crippen molar-refractivity contribution in [3.63, 3.8) is 0 Å². The number of sulfonamides is 1. The van der Waals surface area contributed by atoms with Crippen LogP contribution in [0.3, 0.4) is 0 Å². The third kappa shape index (κ3) is 4.19. The third-order valence-corrected chi connectivity index (χ3v) is 4.00. The summed E-state index contributed by atoms with van der Waals surface area (Å²) in [5.41, 5.74) is 0. The minimum atomic E-state index is -3.16. The van der Waals surface area contributed by atoms with Crippen LogP contribution in [0.5, 0.6) is 0 Å². The molecule has 0 aliphatic carbocycles. The van der Waals surface area contributed by atoms with E-state index in [4.69, 9.17) is 9.68 Å². The van der Waals surface area contributed by atoms with E-state index in [0.29, 0.717) is 18.8 Å². The molecule has 1 aromatic heterocycles. The molecular weight excluding hydrogens is 242 g/mol. The Balaban J connectivity index is 2.32. The Kier molecular flexibility index (Phi) is 4.69. The molecule has 17 heavy (non-hydrogen) atoms. The van der Waals surface area contributed by atoms with Gasteiger partial charge in [-0.3, -0.25) is 0 Å². The van der Waals surface area contributed by atoms with Gasteiger partial charge in [-0.2, -0.15) is 5.26 Å². The second-order valence-electron chi connectivity index (χ2n) is 3.65. The SMILES string of the molecule is CN(C)S(=O)(=O)CCNCc1ccc(C#N)o1. The molecule has 0 fully saturated rings. The summed E-state index contributed by atoms with van der Waals surface area (Å²) >= 11 is 0. The van der Waals surface area contributed by atoms with Crippen molar-refractivity contribution in [1.29, 1.82) is 5.26 Å². The van der Waals surface area contributed by atoms with Crippen LogP contribution >= 0.6 is 0 Å². The van der Waals surface area contributed by atoms with Crippen molar-refractivity contribution in [3.05, 3.63) is 23.7 Å². The van der Waals surface area contributed by atoms with Gasteiger partial charge in [0.25, 0.3) is 0 Å². The first kappa shape index (κ1) is 13.7. The summed E-state index contributed by atoms with van der Waals surface area (Å²) in [6.45, 7) is 0.744. The Hall–Kier alpha value is -1.36. The lowest BCUT2D eigenvalue weighted by Crippen LogP contribution is -2.30. The van der Waals surface area contributed by atoms with Gasteiger partial charge in [0.2, 0.25) is 15.8 Å². The van der Waals surface area contributed by atoms with E-state index in [9.17, 15) is 8.42 Å². The van der Waals surface area contributed by atoms with E-state index in [1.807, 2.05) is 6.07 Å². The van der Waals surface area contributed by atoms with E-state index in [0.717, 1.165) is 0 Å². The van der Waals surface area contributed by atoms with Crippen molar-refractivity contribution in [3.8, 4) is 6.07 Å². The maximum atomic E-state index is 11.4. The van der Waals surface area contributed by atoms with Gasteiger partial charge in [0.15, 0.2) is 0 Å². The molecule has 1 aromatic rings. The maximum absolute atomic E-state index is 11.4. The molecule has 0 saturated carbocycles. The molecule has 0 aromatic carbocycles. The fourth-order valence-corrected chi connectivity index (χ4v) is 1.90. The van der Waals surface area contributed by atoms with Gasteiger partial charge < -0.3 is 9.73 Å². The number of rotatable bonds is 6. The fraction of sp³-hybridized carbons (Fsp3) is 0.500. The van der Waals surface area contributed by atoms with Gasteiger partial charge in [0.05, 0.1) is 12.3 Å². The molecule has 0 unspecified atom stereocenters. The molecule has 0 aliphatic rings. The number of hydrogen-bond acceptors (Lipinski definition) is 5. The van der Waals surface area contributed by atoms with Gasteiger partial charge in [0.1, 0.15) is 11.8 Å². The van der Waals surface area contributed by atoms with E-state index in [2.05, 4.69) is 5.32 Å². The molecule has 0 amide bonds. The van der Waals surface area contributed by atoms with Crippen molar-refractivity contribution in [2.75, 3.05) is 26.4 Å². The molecule has 0 radical (unpaired) electrons. The average Bonchev–Trinajstić information content (AvgIpc) is 2.72. The zero-order chi connectivity index (χ0) is 12.9. The van der Waals surface area contributed by atoms with Crippen molar-refractivity contribution in [2.24, 2.45) is 0 Å². The fourth-order valence-electron chi connectivity index (χ4n) is 1.13. The van der Waals surface area contributed by atoms with Crippen molar-refractivity contribution >= 4 is 10.0 Å². The third-order valence-electron chi connectivity index (χ3n) is 2.16. The first-order valence-corrected chi connectivity index (χ1v) is 6.66. The summed E-state index contributed by atoms with van der Waals surface area (Å²) in [4.78, 5) is 0. The first-order valence-electron chi connectivity index (χ1n) is 5.05. The molecule has 1 N–H and O–H groups in total. The van der Waals surface area contributed by atoms with Gasteiger partial charge in [-0.15, -0.1) is 0 Å². The standard InChI is InChI=1S/C10H15N3O3S/c1-13(2)17(14,15)6-5-12-8-10-4-3-9(7-11)16-10/h3-4,12H,5-6,8H2,1-2H3. The predicted molar refractivity (Wildman–Crippen MR) is 62.6 cm³/mol. The molecule has 6 nitrogen and oxygen atoms in total. The second kappa shape index (κ2) is 5.82. The van der Waals surface area contributed by atoms with Gasteiger partial charge in [-0.25, -0.2) is 12.7 Å². The minimum absolute atomic E-state index is 0.0335. The largest absolute Gasteiger partial charge is 0.449 e. The Labute approximate surface area is 101 Å². The van der Waals surface area contributed by atoms with Gasteiger partial charge in [-0.05, 0) is 12.1 Å². The van der Waals surface area contributed by atoms with Crippen LogP contribution in [-0.2, 0) is 16.6 Å². The summed E-state index contributed by atoms with van der Waals surface area (Å²) in [6.07, 6.45) is 0. The molecular formula is C10H15N3O3S. The van der Waals surface area contributed by atoms with Gasteiger partial charge in [0, 0.05) is 20.6 Å². The van der Waals surface area contributed by atoms with Crippen LogP contribution < -0.4 is 5.32 Å². The summed E-state index contributed by atoms with van der Waals surface area (Å²) in [7, 11) is -0.162. The highest BCUT2D eigenvalue weighted by atomic mass is 32.2. The lowest BCUT2D eigenvalue weighted by atomic mass is 10.4. The number of nitrogens with one attached hydrogen (secondary N) is 1. The molecule has 1 heterocycles. The van der Waals surface area contributed by atoms with Crippen LogP contribution in [-0.4, -0.2) is 39.1 Å². The van der Waals surface area contributed by atoms with Crippen molar-refractivity contribution in [2.45, 2.75) is 6.54 Å². The highest BCUT2D eigenvalue weighted by Crippen LogP contribution is 2.05. The zero-order valence-corrected chi connectivity index (χ0v) is 10.6. The summed E-state index contributed by atoms with van der Waals surface area (Å²) in [5.74, 6) is 0.901. The van der Waals surface area contributed by atoms with Gasteiger partial charge >= 0.3 is 0 Å². The Bertz CT molecular complexity index is 499. The van der Waals surface area contributed by atoms with E-state index >= 15 is 0 Å². The smallest absolute Gasteiger partial charge is 0.214 e. The van der Waals surface area contributed by atoms with Crippen LogP contribution in [0, 0.1) is 11.3 Å². The Morgan fingerprint density at radius 2 is 2.18 bits per heavy atom. The molecule has 1 rings (SSSR count). The quantitative estimate of drug-likeness (QED) is 0.732. The van der Waals surface area contributed by atoms with Crippen LogP contribution in [0.2, 0.25) is 0 Å². The van der Waals surface area contributed by atoms with Crippen LogP contribution in [0.15, 0.2) is 16.5 Å². The second-order valence-corrected chi connectivity index (χ2v) is 5.96. The molecule has 0 atom stereocenters. The summed E-state index contributed by atoms with van der Waals surface area (Å²) in [6, 6.07) is 5.14. The topological polar surface area (TPSA) is 86.3 Å². The predicted octanol–water partition coefficient (Wildman–Crippen LogP) is 0.132. The minimum Gasteiger partial charge on any atom is -0.449 e. The number of nitriles is 1. The van der Waals surface area contributed by atoms with Gasteiger partial charge in [-0.1, -0.05) is 0 Å². The summed E-state index contributed by atoms with van der Waals surface area (Å²) in [5, 5.41) is 11.5. The lowest BCUT2D eigenvalue weighted by molar-refractivity contribution is 0.475. The highest BCUT2D eigenvalue weighted by molar-refractivity contribution is 7.89. The Morgan fingerprint density at radius 1 is 1.47 bits per heavy atom. The van der Waals surface area contributed by atoms with Crippen molar-refractivity contribution < 1.29 is 12.8 Å². The van der Waals surface area contributed by atoms with Crippen LogP contribution in [0.25, 0.3) is 0 Å². The molecule has 7 heteroatoms. The molecule has 94 valence electrons. The van der Waals surface area contributed by atoms with Crippen LogP contribution in [0.4, 0.5) is 0 Å².